The van der Waals surface area contributed by atoms with Crippen molar-refractivity contribution in [3.8, 4) is 0 Å². The first kappa shape index (κ1) is 21.9. The summed E-state index contributed by atoms with van der Waals surface area (Å²) in [6.07, 6.45) is -4.56. The molecule has 1 saturated carbocycles. The third-order valence-electron chi connectivity index (χ3n) is 5.85. The van der Waals surface area contributed by atoms with E-state index in [1.54, 1.807) is 0 Å². The molecule has 2 aliphatic rings. The van der Waals surface area contributed by atoms with E-state index < -0.39 is 35.0 Å². The average Bonchev–Trinajstić information content (AvgIpc) is 3.14. The highest BCUT2D eigenvalue weighted by Gasteiger charge is 2.41. The molecule has 3 rings (SSSR count). The lowest BCUT2D eigenvalue weighted by molar-refractivity contribution is -0.143. The van der Waals surface area contributed by atoms with E-state index in [0.717, 1.165) is 52.1 Å². The Labute approximate surface area is 165 Å². The standard InChI is InChI=1S/C20H24F6N2O/c1-12-10-13(19(21,22)23)11-14(20(24,25)26)17(12)18(29)27-15-6-2-3-7-16(15)28-8-4-5-9-28/h10-11,15-16H,2-9H2,1H3,(H,27,29)/t15-,16+/m1/s1. The van der Waals surface area contributed by atoms with Gasteiger partial charge in [-0.25, -0.2) is 0 Å². The molecule has 0 unspecified atom stereocenters. The third kappa shape index (κ3) is 4.87. The summed E-state index contributed by atoms with van der Waals surface area (Å²) < 4.78 is 79.5. The molecule has 1 aromatic rings. The number of rotatable bonds is 3. The van der Waals surface area contributed by atoms with Crippen molar-refractivity contribution in [1.29, 1.82) is 0 Å². The molecule has 1 aliphatic carbocycles. The Morgan fingerprint density at radius 1 is 0.966 bits per heavy atom. The number of amides is 1. The van der Waals surface area contributed by atoms with Gasteiger partial charge in [-0.3, -0.25) is 9.69 Å². The van der Waals surface area contributed by atoms with Crippen LogP contribution in [0.1, 0.15) is 65.6 Å². The molecule has 1 heterocycles. The molecular formula is C20H24F6N2O. The van der Waals surface area contributed by atoms with Gasteiger partial charge in [0, 0.05) is 12.1 Å². The summed E-state index contributed by atoms with van der Waals surface area (Å²) >= 11 is 0. The molecule has 162 valence electrons. The number of nitrogens with zero attached hydrogens (tertiary/aromatic N) is 1. The monoisotopic (exact) mass is 422 g/mol. The van der Waals surface area contributed by atoms with Gasteiger partial charge in [-0.1, -0.05) is 12.8 Å². The lowest BCUT2D eigenvalue weighted by Gasteiger charge is -2.38. The van der Waals surface area contributed by atoms with Gasteiger partial charge >= 0.3 is 12.4 Å². The average molecular weight is 422 g/mol. The number of hydrogen-bond acceptors (Lipinski definition) is 2. The van der Waals surface area contributed by atoms with Crippen LogP contribution in [-0.4, -0.2) is 36.0 Å². The maximum atomic E-state index is 13.5. The van der Waals surface area contributed by atoms with Crippen LogP contribution in [0.4, 0.5) is 26.3 Å². The molecule has 1 amide bonds. The van der Waals surface area contributed by atoms with Gasteiger partial charge in [0.2, 0.25) is 0 Å². The summed E-state index contributed by atoms with van der Waals surface area (Å²) in [5.41, 5.74) is -4.02. The Morgan fingerprint density at radius 3 is 2.17 bits per heavy atom. The molecule has 9 heteroatoms. The Balaban J connectivity index is 1.91. The topological polar surface area (TPSA) is 32.3 Å². The molecule has 2 fully saturated rings. The summed E-state index contributed by atoms with van der Waals surface area (Å²) in [5.74, 6) is -0.959. The first-order chi connectivity index (χ1) is 13.5. The molecular weight excluding hydrogens is 398 g/mol. The van der Waals surface area contributed by atoms with Crippen molar-refractivity contribution in [3.63, 3.8) is 0 Å². The van der Waals surface area contributed by atoms with E-state index in [1.807, 2.05) is 0 Å². The SMILES string of the molecule is Cc1cc(C(F)(F)F)cc(C(F)(F)F)c1C(=O)N[C@@H]1CCCC[C@@H]1N1CCCC1. The summed E-state index contributed by atoms with van der Waals surface area (Å²) in [5, 5.41) is 2.71. The number of hydrogen-bond donors (Lipinski definition) is 1. The van der Waals surface area contributed by atoms with Gasteiger partial charge in [0.05, 0.1) is 16.7 Å². The van der Waals surface area contributed by atoms with Crippen LogP contribution in [0.5, 0.6) is 0 Å². The molecule has 0 bridgehead atoms. The van der Waals surface area contributed by atoms with Gasteiger partial charge < -0.3 is 5.32 Å². The fraction of sp³-hybridized carbons (Fsp3) is 0.650. The van der Waals surface area contributed by atoms with E-state index in [1.165, 1.54) is 0 Å². The summed E-state index contributed by atoms with van der Waals surface area (Å²) in [6.45, 7) is 2.90. The number of aryl methyl sites for hydroxylation is 1. The van der Waals surface area contributed by atoms with Crippen LogP contribution >= 0.6 is 0 Å². The lowest BCUT2D eigenvalue weighted by atomic mass is 9.88. The lowest BCUT2D eigenvalue weighted by Crippen LogP contribution is -2.52. The molecule has 1 saturated heterocycles. The van der Waals surface area contributed by atoms with Crippen LogP contribution in [0.2, 0.25) is 0 Å². The van der Waals surface area contributed by atoms with Crippen molar-refractivity contribution < 1.29 is 31.1 Å². The molecule has 0 aromatic heterocycles. The third-order valence-corrected chi connectivity index (χ3v) is 5.85. The van der Waals surface area contributed by atoms with E-state index in [2.05, 4.69) is 10.2 Å². The minimum absolute atomic E-state index is 0.0285. The number of likely N-dealkylation sites (tertiary alicyclic amines) is 1. The Hall–Kier alpha value is -1.77. The van der Waals surface area contributed by atoms with Crippen LogP contribution in [0, 0.1) is 6.92 Å². The largest absolute Gasteiger partial charge is 0.417 e. The smallest absolute Gasteiger partial charge is 0.348 e. The van der Waals surface area contributed by atoms with Crippen molar-refractivity contribution in [2.45, 2.75) is 69.9 Å². The maximum Gasteiger partial charge on any atom is 0.417 e. The first-order valence-corrected chi connectivity index (χ1v) is 9.82. The van der Waals surface area contributed by atoms with Crippen molar-refractivity contribution in [2.75, 3.05) is 13.1 Å². The Kier molecular flexibility index (Phi) is 6.17. The number of carbonyl (C=O) groups is 1. The van der Waals surface area contributed by atoms with E-state index >= 15 is 0 Å². The van der Waals surface area contributed by atoms with Crippen LogP contribution in [0.15, 0.2) is 12.1 Å². The highest BCUT2D eigenvalue weighted by atomic mass is 19.4. The zero-order valence-corrected chi connectivity index (χ0v) is 16.1. The molecule has 1 N–H and O–H groups in total. The second kappa shape index (κ2) is 8.16. The fourth-order valence-electron chi connectivity index (χ4n) is 4.51. The quantitative estimate of drug-likeness (QED) is 0.682. The second-order valence-corrected chi connectivity index (χ2v) is 7.89. The van der Waals surface area contributed by atoms with Gasteiger partial charge in [-0.05, 0) is 63.4 Å². The molecule has 1 aliphatic heterocycles. The minimum Gasteiger partial charge on any atom is -0.348 e. The molecule has 29 heavy (non-hydrogen) atoms. The number of alkyl halides is 6. The molecule has 1 aromatic carbocycles. The zero-order valence-electron chi connectivity index (χ0n) is 16.1. The summed E-state index contributed by atoms with van der Waals surface area (Å²) in [6, 6.07) is 0.375. The predicted octanol–water partition coefficient (Wildman–Crippen LogP) is 5.17. The van der Waals surface area contributed by atoms with Crippen LogP contribution in [-0.2, 0) is 12.4 Å². The fourth-order valence-corrected chi connectivity index (χ4v) is 4.51. The molecule has 2 atom stereocenters. The summed E-state index contributed by atoms with van der Waals surface area (Å²) in [4.78, 5) is 15.1. The number of carbonyl (C=O) groups excluding carboxylic acids is 1. The zero-order chi connectivity index (χ0) is 21.4. The van der Waals surface area contributed by atoms with E-state index in [4.69, 9.17) is 0 Å². The summed E-state index contributed by atoms with van der Waals surface area (Å²) in [7, 11) is 0. The van der Waals surface area contributed by atoms with Gasteiger partial charge in [0.15, 0.2) is 0 Å². The van der Waals surface area contributed by atoms with Crippen LogP contribution in [0.3, 0.4) is 0 Å². The van der Waals surface area contributed by atoms with Gasteiger partial charge in [0.25, 0.3) is 5.91 Å². The molecule has 0 radical (unpaired) electrons. The van der Waals surface area contributed by atoms with Gasteiger partial charge in [0.1, 0.15) is 0 Å². The van der Waals surface area contributed by atoms with Crippen molar-refractivity contribution in [2.24, 2.45) is 0 Å². The van der Waals surface area contributed by atoms with E-state index in [-0.39, 0.29) is 23.7 Å². The van der Waals surface area contributed by atoms with Gasteiger partial charge in [-0.2, -0.15) is 26.3 Å². The molecule has 3 nitrogen and oxygen atoms in total. The maximum absolute atomic E-state index is 13.5. The predicted molar refractivity (Wildman–Crippen MR) is 95.5 cm³/mol. The Bertz CT molecular complexity index is 753. The highest BCUT2D eigenvalue weighted by molar-refractivity contribution is 5.97. The first-order valence-electron chi connectivity index (χ1n) is 9.82. The van der Waals surface area contributed by atoms with Crippen LogP contribution < -0.4 is 5.32 Å². The molecule has 0 spiro atoms. The number of halogens is 6. The van der Waals surface area contributed by atoms with Gasteiger partial charge in [-0.15, -0.1) is 0 Å². The number of benzene rings is 1. The second-order valence-electron chi connectivity index (χ2n) is 7.89. The minimum atomic E-state index is -5.07. The number of nitrogens with one attached hydrogen (secondary N) is 1. The highest BCUT2D eigenvalue weighted by Crippen LogP contribution is 2.39. The van der Waals surface area contributed by atoms with E-state index in [0.29, 0.717) is 12.5 Å². The van der Waals surface area contributed by atoms with Crippen molar-refractivity contribution in [1.82, 2.24) is 10.2 Å². The normalized spacial score (nSPS) is 24.0. The van der Waals surface area contributed by atoms with Crippen molar-refractivity contribution in [3.05, 3.63) is 34.4 Å². The van der Waals surface area contributed by atoms with Crippen LogP contribution in [0.25, 0.3) is 0 Å². The van der Waals surface area contributed by atoms with Crippen molar-refractivity contribution >= 4 is 5.91 Å². The Morgan fingerprint density at radius 2 is 1.59 bits per heavy atom. The van der Waals surface area contributed by atoms with E-state index in [9.17, 15) is 31.1 Å².